The fourth-order valence-electron chi connectivity index (χ4n) is 3.31. The highest BCUT2D eigenvalue weighted by Crippen LogP contribution is 2.22. The largest absolute Gasteiger partial charge is 0.383 e. The van der Waals surface area contributed by atoms with E-state index >= 15 is 0 Å². The second-order valence-electron chi connectivity index (χ2n) is 6.56. The lowest BCUT2D eigenvalue weighted by Crippen LogP contribution is -2.55. The second kappa shape index (κ2) is 8.88. The zero-order chi connectivity index (χ0) is 19.3. The van der Waals surface area contributed by atoms with E-state index in [4.69, 9.17) is 4.74 Å². The summed E-state index contributed by atoms with van der Waals surface area (Å²) in [6.45, 7) is 5.18. The fraction of sp³-hybridized carbons (Fsp3) is 0.474. The average Bonchev–Trinajstić information content (AvgIpc) is 2.72. The second-order valence-corrected chi connectivity index (χ2v) is 8.50. The predicted molar refractivity (Wildman–Crippen MR) is 104 cm³/mol. The molecule has 0 spiro atoms. The van der Waals surface area contributed by atoms with E-state index in [-0.39, 0.29) is 10.9 Å². The summed E-state index contributed by atoms with van der Waals surface area (Å²) in [5, 5.41) is 0. The molecule has 2 aromatic rings. The maximum atomic E-state index is 13.0. The first-order valence-electron chi connectivity index (χ1n) is 9.17. The van der Waals surface area contributed by atoms with Crippen LogP contribution in [0.5, 0.6) is 0 Å². The number of ether oxygens (including phenoxy) is 1. The molecule has 0 saturated carbocycles. The summed E-state index contributed by atoms with van der Waals surface area (Å²) in [7, 11) is -1.92. The molecule has 0 amide bonds. The molecule has 0 N–H and O–H groups in total. The number of sulfonamides is 1. The van der Waals surface area contributed by atoms with Crippen LogP contribution in [0.2, 0.25) is 0 Å². The summed E-state index contributed by atoms with van der Waals surface area (Å²) in [6, 6.07) is 9.70. The van der Waals surface area contributed by atoms with Crippen molar-refractivity contribution in [3.63, 3.8) is 0 Å². The minimum absolute atomic E-state index is 0.141. The third-order valence-electron chi connectivity index (χ3n) is 4.92. The molecule has 1 unspecified atom stereocenters. The van der Waals surface area contributed by atoms with E-state index in [2.05, 4.69) is 21.8 Å². The van der Waals surface area contributed by atoms with Gasteiger partial charge in [0.1, 0.15) is 4.90 Å². The van der Waals surface area contributed by atoms with Gasteiger partial charge in [-0.25, -0.2) is 18.4 Å². The Hall–Kier alpha value is -1.87. The molecule has 1 atom stereocenters. The van der Waals surface area contributed by atoms with Crippen molar-refractivity contribution < 1.29 is 13.2 Å². The molecule has 1 aliphatic heterocycles. The molecule has 7 nitrogen and oxygen atoms in total. The van der Waals surface area contributed by atoms with Crippen molar-refractivity contribution in [1.82, 2.24) is 19.2 Å². The first kappa shape index (κ1) is 19.9. The van der Waals surface area contributed by atoms with Crippen LogP contribution in [0.25, 0.3) is 11.4 Å². The molecule has 2 heterocycles. The van der Waals surface area contributed by atoms with Gasteiger partial charge in [-0.2, -0.15) is 4.31 Å². The van der Waals surface area contributed by atoms with Gasteiger partial charge in [0.15, 0.2) is 5.82 Å². The molecule has 0 radical (unpaired) electrons. The molecule has 1 fully saturated rings. The minimum Gasteiger partial charge on any atom is -0.383 e. The minimum atomic E-state index is -3.60. The van der Waals surface area contributed by atoms with Gasteiger partial charge in [0.05, 0.1) is 19.0 Å². The Bertz CT molecular complexity index is 828. The van der Waals surface area contributed by atoms with Gasteiger partial charge < -0.3 is 4.74 Å². The molecular formula is C19H26N4O3S. The quantitative estimate of drug-likeness (QED) is 0.718. The standard InChI is InChI=1S/C19H26N4O3S/c1-3-17-15-23(10-9-22(17)11-12-26-2)27(24,25)18-13-20-19(21-14-18)16-7-5-4-6-8-16/h4-8,13-14,17H,3,9-12,15H2,1-2H3. The summed E-state index contributed by atoms with van der Waals surface area (Å²) in [4.78, 5) is 11.0. The molecule has 8 heteroatoms. The highest BCUT2D eigenvalue weighted by molar-refractivity contribution is 7.89. The smallest absolute Gasteiger partial charge is 0.246 e. The zero-order valence-corrected chi connectivity index (χ0v) is 16.6. The van der Waals surface area contributed by atoms with E-state index in [1.165, 1.54) is 12.4 Å². The highest BCUT2D eigenvalue weighted by atomic mass is 32.2. The van der Waals surface area contributed by atoms with Gasteiger partial charge in [-0.3, -0.25) is 4.90 Å². The summed E-state index contributed by atoms with van der Waals surface area (Å²) in [5.41, 5.74) is 0.860. The molecule has 1 aromatic carbocycles. The monoisotopic (exact) mass is 390 g/mol. The fourth-order valence-corrected chi connectivity index (χ4v) is 4.67. The first-order chi connectivity index (χ1) is 13.1. The Balaban J connectivity index is 1.74. The van der Waals surface area contributed by atoms with Crippen LogP contribution >= 0.6 is 0 Å². The van der Waals surface area contributed by atoms with Gasteiger partial charge in [-0.1, -0.05) is 37.3 Å². The van der Waals surface area contributed by atoms with E-state index in [1.54, 1.807) is 11.4 Å². The van der Waals surface area contributed by atoms with Crippen molar-refractivity contribution in [3.8, 4) is 11.4 Å². The van der Waals surface area contributed by atoms with E-state index < -0.39 is 10.0 Å². The van der Waals surface area contributed by atoms with Crippen molar-refractivity contribution in [3.05, 3.63) is 42.7 Å². The third-order valence-corrected chi connectivity index (χ3v) is 6.74. The molecule has 146 valence electrons. The number of benzene rings is 1. The Kier molecular flexibility index (Phi) is 6.54. The van der Waals surface area contributed by atoms with Crippen molar-refractivity contribution >= 4 is 10.0 Å². The summed E-state index contributed by atoms with van der Waals surface area (Å²) in [5.74, 6) is 0.519. The van der Waals surface area contributed by atoms with Gasteiger partial charge >= 0.3 is 0 Å². The van der Waals surface area contributed by atoms with Crippen LogP contribution < -0.4 is 0 Å². The maximum Gasteiger partial charge on any atom is 0.246 e. The lowest BCUT2D eigenvalue weighted by molar-refractivity contribution is 0.0783. The predicted octanol–water partition coefficient (Wildman–Crippen LogP) is 1.87. The number of aromatic nitrogens is 2. The van der Waals surface area contributed by atoms with Crippen molar-refractivity contribution in [2.45, 2.75) is 24.3 Å². The van der Waals surface area contributed by atoms with Gasteiger partial charge in [0, 0.05) is 44.9 Å². The number of methoxy groups -OCH3 is 1. The van der Waals surface area contributed by atoms with Gasteiger partial charge in [0.2, 0.25) is 10.0 Å². The number of nitrogens with zero attached hydrogens (tertiary/aromatic N) is 4. The van der Waals surface area contributed by atoms with E-state index in [0.29, 0.717) is 32.1 Å². The molecular weight excluding hydrogens is 364 g/mol. The zero-order valence-electron chi connectivity index (χ0n) is 15.8. The van der Waals surface area contributed by atoms with Gasteiger partial charge in [-0.15, -0.1) is 0 Å². The van der Waals surface area contributed by atoms with E-state index in [9.17, 15) is 8.42 Å². The molecule has 1 saturated heterocycles. The van der Waals surface area contributed by atoms with Crippen LogP contribution in [-0.2, 0) is 14.8 Å². The normalized spacial score (nSPS) is 19.3. The summed E-state index contributed by atoms with van der Waals surface area (Å²) < 4.78 is 32.7. The van der Waals surface area contributed by atoms with Crippen LogP contribution in [-0.4, -0.2) is 73.5 Å². The molecule has 1 aliphatic rings. The molecule has 0 aliphatic carbocycles. The van der Waals surface area contributed by atoms with Gasteiger partial charge in [0.25, 0.3) is 0 Å². The van der Waals surface area contributed by atoms with Crippen LogP contribution in [0.1, 0.15) is 13.3 Å². The Morgan fingerprint density at radius 2 is 1.85 bits per heavy atom. The van der Waals surface area contributed by atoms with E-state index in [0.717, 1.165) is 18.5 Å². The van der Waals surface area contributed by atoms with Crippen molar-refractivity contribution in [2.24, 2.45) is 0 Å². The highest BCUT2D eigenvalue weighted by Gasteiger charge is 2.33. The SMILES string of the molecule is CCC1CN(S(=O)(=O)c2cnc(-c3ccccc3)nc2)CCN1CCOC. The Morgan fingerprint density at radius 3 is 2.48 bits per heavy atom. The Labute approximate surface area is 161 Å². The first-order valence-corrected chi connectivity index (χ1v) is 10.6. The summed E-state index contributed by atoms with van der Waals surface area (Å²) in [6.07, 6.45) is 3.70. The van der Waals surface area contributed by atoms with Crippen molar-refractivity contribution in [2.75, 3.05) is 39.9 Å². The molecule has 0 bridgehead atoms. The number of hydrogen-bond acceptors (Lipinski definition) is 6. The average molecular weight is 391 g/mol. The topological polar surface area (TPSA) is 75.6 Å². The van der Waals surface area contributed by atoms with Crippen LogP contribution in [0.3, 0.4) is 0 Å². The lowest BCUT2D eigenvalue weighted by Gasteiger charge is -2.40. The third kappa shape index (κ3) is 4.52. The van der Waals surface area contributed by atoms with Gasteiger partial charge in [-0.05, 0) is 6.42 Å². The van der Waals surface area contributed by atoms with Crippen LogP contribution in [0.4, 0.5) is 0 Å². The van der Waals surface area contributed by atoms with Crippen LogP contribution in [0, 0.1) is 0 Å². The Morgan fingerprint density at radius 1 is 1.15 bits per heavy atom. The summed E-state index contributed by atoms with van der Waals surface area (Å²) >= 11 is 0. The van der Waals surface area contributed by atoms with Crippen molar-refractivity contribution in [1.29, 1.82) is 0 Å². The lowest BCUT2D eigenvalue weighted by atomic mass is 10.1. The maximum absolute atomic E-state index is 13.0. The van der Waals surface area contributed by atoms with Crippen LogP contribution in [0.15, 0.2) is 47.6 Å². The molecule has 3 rings (SSSR count). The number of rotatable bonds is 7. The molecule has 1 aromatic heterocycles. The molecule has 27 heavy (non-hydrogen) atoms. The number of piperazine rings is 1. The number of hydrogen-bond donors (Lipinski definition) is 0. The van der Waals surface area contributed by atoms with E-state index in [1.807, 2.05) is 30.3 Å².